The number of phenolic OH excluding ortho intramolecular Hbond substituents is 4. The van der Waals surface area contributed by atoms with Crippen molar-refractivity contribution in [3.8, 4) is 23.0 Å². The molecule has 0 aliphatic carbocycles. The maximum atomic E-state index is 12.1. The zero-order valence-electron chi connectivity index (χ0n) is 42.4. The van der Waals surface area contributed by atoms with Crippen LogP contribution in [-0.4, -0.2) is 68.7 Å². The lowest BCUT2D eigenvalue weighted by Gasteiger charge is -2.30. The fourth-order valence-corrected chi connectivity index (χ4v) is 9.55. The minimum atomic E-state index is -0.420. The molecule has 8 atom stereocenters. The normalized spacial score (nSPS) is 21.9. The van der Waals surface area contributed by atoms with E-state index in [4.69, 9.17) is 18.9 Å². The summed E-state index contributed by atoms with van der Waals surface area (Å²) in [6.07, 6.45) is 4.96. The van der Waals surface area contributed by atoms with Gasteiger partial charge in [-0.3, -0.25) is 0 Å². The zero-order chi connectivity index (χ0) is 50.6. The Bertz CT molecular complexity index is 2560. The first-order valence-electron chi connectivity index (χ1n) is 24.1. The van der Waals surface area contributed by atoms with E-state index in [0.29, 0.717) is 58.1 Å². The maximum absolute atomic E-state index is 12.1. The number of carbonyl (C=O) groups is 4. The highest BCUT2D eigenvalue weighted by Crippen LogP contribution is 2.40. The Hall–Kier alpha value is -6.04. The number of aryl methyl sites for hydroxylation is 6. The molecule has 0 saturated heterocycles. The highest BCUT2D eigenvalue weighted by atomic mass is 16.6. The van der Waals surface area contributed by atoms with Gasteiger partial charge < -0.3 is 39.4 Å². The Labute approximate surface area is 402 Å². The van der Waals surface area contributed by atoms with E-state index in [1.165, 1.54) is 0 Å². The molecule has 368 valence electrons. The summed E-state index contributed by atoms with van der Waals surface area (Å²) in [5, 5.41) is 39.8. The van der Waals surface area contributed by atoms with Crippen LogP contribution >= 0.6 is 0 Å². The Morgan fingerprint density at radius 2 is 0.912 bits per heavy atom. The van der Waals surface area contributed by atoms with Crippen molar-refractivity contribution in [3.05, 3.63) is 114 Å². The summed E-state index contributed by atoms with van der Waals surface area (Å²) in [7, 11) is 0. The number of phenols is 4. The lowest BCUT2D eigenvalue weighted by Crippen LogP contribution is -2.33. The SMILES string of the molecule is CCC(C)C1Cc2c(C)cc(C)c(O)c2C(=O)O1.CCC1OC(=O)c2c(ccc(C)c2O)C1C.CCCC(C)C1Cc2c(C)cc(C)c(O)c2C(=O)O1.Cc1ccc2c(c1O)C(=O)OC(C)C2C. The van der Waals surface area contributed by atoms with E-state index < -0.39 is 11.9 Å². The third-order valence-electron chi connectivity index (χ3n) is 14.5. The lowest BCUT2D eigenvalue weighted by atomic mass is 9.86. The molecular formula is C56H72O12. The van der Waals surface area contributed by atoms with Gasteiger partial charge in [-0.1, -0.05) is 97.7 Å². The molecule has 0 aromatic heterocycles. The maximum Gasteiger partial charge on any atom is 0.342 e. The molecule has 4 heterocycles. The van der Waals surface area contributed by atoms with E-state index in [1.807, 2.05) is 84.9 Å². The third-order valence-corrected chi connectivity index (χ3v) is 14.5. The minimum Gasteiger partial charge on any atom is -0.507 e. The number of carbonyl (C=O) groups excluding carboxylic acids is 4. The number of ether oxygens (including phenoxy) is 4. The summed E-state index contributed by atoms with van der Waals surface area (Å²) in [5.41, 5.74) is 10.1. The predicted octanol–water partition coefficient (Wildman–Crippen LogP) is 11.8. The summed E-state index contributed by atoms with van der Waals surface area (Å²) in [5.74, 6) is -0.360. The molecule has 0 bridgehead atoms. The topological polar surface area (TPSA) is 186 Å². The highest BCUT2D eigenvalue weighted by Gasteiger charge is 2.37. The summed E-state index contributed by atoms with van der Waals surface area (Å²) in [4.78, 5) is 47.6. The van der Waals surface area contributed by atoms with Crippen LogP contribution in [0.1, 0.15) is 190 Å². The average Bonchev–Trinajstić information content (AvgIpc) is 3.29. The molecule has 0 amide bonds. The number of hydrogen-bond donors (Lipinski definition) is 4. The largest absolute Gasteiger partial charge is 0.507 e. The van der Waals surface area contributed by atoms with Crippen LogP contribution in [-0.2, 0) is 31.8 Å². The van der Waals surface area contributed by atoms with Crippen LogP contribution in [0.15, 0.2) is 36.4 Å². The number of cyclic esters (lactones) is 4. The number of aromatic hydroxyl groups is 4. The van der Waals surface area contributed by atoms with Crippen molar-refractivity contribution >= 4 is 23.9 Å². The molecule has 4 aromatic rings. The number of benzene rings is 4. The Morgan fingerprint density at radius 1 is 0.515 bits per heavy atom. The van der Waals surface area contributed by atoms with Crippen molar-refractivity contribution in [2.45, 2.75) is 172 Å². The molecule has 0 radical (unpaired) electrons. The monoisotopic (exact) mass is 937 g/mol. The molecule has 4 aliphatic rings. The Balaban J connectivity index is 0.000000170. The third kappa shape index (κ3) is 10.8. The van der Waals surface area contributed by atoms with Crippen LogP contribution < -0.4 is 0 Å². The van der Waals surface area contributed by atoms with Gasteiger partial charge in [-0.2, -0.15) is 0 Å². The zero-order valence-corrected chi connectivity index (χ0v) is 42.4. The first-order chi connectivity index (χ1) is 32.0. The molecule has 12 nitrogen and oxygen atoms in total. The minimum absolute atomic E-state index is 0.0521. The van der Waals surface area contributed by atoms with Gasteiger partial charge in [0, 0.05) is 24.7 Å². The molecule has 0 fully saturated rings. The van der Waals surface area contributed by atoms with Crippen molar-refractivity contribution in [1.29, 1.82) is 0 Å². The van der Waals surface area contributed by atoms with E-state index in [9.17, 15) is 39.6 Å². The van der Waals surface area contributed by atoms with Gasteiger partial charge in [0.15, 0.2) is 0 Å². The van der Waals surface area contributed by atoms with Gasteiger partial charge in [0.1, 0.15) is 69.7 Å². The van der Waals surface area contributed by atoms with Crippen molar-refractivity contribution in [2.75, 3.05) is 0 Å². The van der Waals surface area contributed by atoms with Gasteiger partial charge >= 0.3 is 23.9 Å². The van der Waals surface area contributed by atoms with Crippen molar-refractivity contribution in [2.24, 2.45) is 11.8 Å². The molecule has 68 heavy (non-hydrogen) atoms. The van der Waals surface area contributed by atoms with Crippen LogP contribution in [0.25, 0.3) is 0 Å². The number of hydrogen-bond acceptors (Lipinski definition) is 12. The van der Waals surface area contributed by atoms with Gasteiger partial charge in [-0.25, -0.2) is 19.2 Å². The van der Waals surface area contributed by atoms with Crippen LogP contribution in [0.5, 0.6) is 23.0 Å². The van der Waals surface area contributed by atoms with Gasteiger partial charge in [0.05, 0.1) is 0 Å². The van der Waals surface area contributed by atoms with Gasteiger partial charge in [0.2, 0.25) is 0 Å². The van der Waals surface area contributed by atoms with E-state index in [0.717, 1.165) is 70.2 Å². The van der Waals surface area contributed by atoms with Crippen molar-refractivity contribution < 1.29 is 58.6 Å². The van der Waals surface area contributed by atoms with Crippen molar-refractivity contribution in [1.82, 2.24) is 0 Å². The summed E-state index contributed by atoms with van der Waals surface area (Å²) in [6, 6.07) is 11.4. The summed E-state index contributed by atoms with van der Waals surface area (Å²) in [6.45, 7) is 27.4. The highest BCUT2D eigenvalue weighted by molar-refractivity contribution is 5.98. The predicted molar refractivity (Wildman–Crippen MR) is 261 cm³/mol. The Kier molecular flexibility index (Phi) is 17.1. The smallest absolute Gasteiger partial charge is 0.342 e. The standard InChI is InChI=1S/C16H22O3.C15H20O3.C13H16O3.C12H14O3/c1-5-6-9(2)13-8-12-10(3)7-11(4)15(17)14(12)16(18)19-13;1-5-8(2)12-7-11-9(3)6-10(4)14(16)13(11)15(17)18-12;1-4-10-8(3)9-6-5-7(2)12(14)11(9)13(15)16-10;1-6-4-5-9-7(2)8(3)15-12(14)10(9)11(6)13/h7,9,13,17H,5-6,8H2,1-4H3;6,8,12,16H,5,7H2,1-4H3;5-6,8,10,14H,4H2,1-3H3;4-5,7-8,13H,1-3H3. The fraction of sp³-hybridized carbons (Fsp3) is 0.500. The van der Waals surface area contributed by atoms with E-state index in [2.05, 4.69) is 27.7 Å². The van der Waals surface area contributed by atoms with Crippen LogP contribution in [0.2, 0.25) is 0 Å². The molecule has 4 aliphatic heterocycles. The molecule has 8 unspecified atom stereocenters. The fourth-order valence-electron chi connectivity index (χ4n) is 9.55. The summed E-state index contributed by atoms with van der Waals surface area (Å²) >= 11 is 0. The number of rotatable bonds is 6. The first-order valence-corrected chi connectivity index (χ1v) is 24.1. The van der Waals surface area contributed by atoms with Gasteiger partial charge in [-0.15, -0.1) is 0 Å². The molecule has 8 rings (SSSR count). The molecule has 4 aromatic carbocycles. The van der Waals surface area contributed by atoms with Crippen LogP contribution in [0.3, 0.4) is 0 Å². The second-order valence-electron chi connectivity index (χ2n) is 19.3. The van der Waals surface area contributed by atoms with E-state index in [-0.39, 0.29) is 71.2 Å². The molecule has 0 saturated carbocycles. The first kappa shape index (κ1) is 52.9. The lowest BCUT2D eigenvalue weighted by molar-refractivity contribution is 0.00893. The van der Waals surface area contributed by atoms with E-state index in [1.54, 1.807) is 20.8 Å². The van der Waals surface area contributed by atoms with Crippen LogP contribution in [0.4, 0.5) is 0 Å². The van der Waals surface area contributed by atoms with Crippen molar-refractivity contribution in [3.63, 3.8) is 0 Å². The van der Waals surface area contributed by atoms with E-state index >= 15 is 0 Å². The second kappa shape index (κ2) is 21.9. The number of fused-ring (bicyclic) bond motifs is 4. The Morgan fingerprint density at radius 3 is 1.34 bits per heavy atom. The summed E-state index contributed by atoms with van der Waals surface area (Å²) < 4.78 is 21.4. The molecule has 12 heteroatoms. The van der Waals surface area contributed by atoms with Crippen LogP contribution in [0, 0.1) is 53.4 Å². The molecule has 0 spiro atoms. The second-order valence-corrected chi connectivity index (χ2v) is 19.3. The van der Waals surface area contributed by atoms with Gasteiger partial charge in [0.25, 0.3) is 0 Å². The quantitative estimate of drug-likeness (QED) is 0.106. The van der Waals surface area contributed by atoms with Gasteiger partial charge in [-0.05, 0) is 129 Å². The average molecular weight is 937 g/mol. The number of esters is 4. The molecular weight excluding hydrogens is 865 g/mol. The molecule has 4 N–H and O–H groups in total.